The average molecular weight is 215 g/mol. The highest BCUT2D eigenvalue weighted by molar-refractivity contribution is 5.82. The van der Waals surface area contributed by atoms with E-state index in [2.05, 4.69) is 4.99 Å². The molecule has 1 unspecified atom stereocenters. The van der Waals surface area contributed by atoms with Gasteiger partial charge in [0.1, 0.15) is 12.1 Å². The molecular weight excluding hydrogens is 196 g/mol. The molecule has 0 heterocycles. The Kier molecular flexibility index (Phi) is 4.58. The van der Waals surface area contributed by atoms with Gasteiger partial charge < -0.3 is 15.6 Å². The van der Waals surface area contributed by atoms with Gasteiger partial charge in [-0.3, -0.25) is 9.79 Å². The fraction of sp³-hybridized carbons (Fsp3) is 0.800. The topological polar surface area (TPSA) is 87.7 Å². The first-order valence-electron chi connectivity index (χ1n) is 4.86. The van der Waals surface area contributed by atoms with Gasteiger partial charge in [-0.15, -0.1) is 0 Å². The van der Waals surface area contributed by atoms with E-state index in [9.17, 15) is 9.90 Å². The van der Waals surface area contributed by atoms with Crippen LogP contribution in [0.25, 0.3) is 0 Å². The molecular formula is C10H19N2O3-. The first-order valence-corrected chi connectivity index (χ1v) is 4.86. The first-order chi connectivity index (χ1) is 6.63. The van der Waals surface area contributed by atoms with Crippen LogP contribution in [0.15, 0.2) is 4.99 Å². The van der Waals surface area contributed by atoms with Crippen molar-refractivity contribution in [3.8, 4) is 0 Å². The van der Waals surface area contributed by atoms with Crippen LogP contribution in [0.4, 0.5) is 0 Å². The van der Waals surface area contributed by atoms with Crippen LogP contribution in [0.5, 0.6) is 0 Å². The maximum absolute atomic E-state index is 11.3. The van der Waals surface area contributed by atoms with E-state index < -0.39 is 23.6 Å². The molecule has 0 saturated carbocycles. The van der Waals surface area contributed by atoms with E-state index in [-0.39, 0.29) is 5.92 Å². The van der Waals surface area contributed by atoms with Gasteiger partial charge in [0.25, 0.3) is 0 Å². The minimum absolute atomic E-state index is 0.116. The van der Waals surface area contributed by atoms with E-state index in [1.54, 1.807) is 34.6 Å². The predicted molar refractivity (Wildman–Crippen MR) is 56.1 cm³/mol. The second kappa shape index (κ2) is 5.00. The average Bonchev–Trinajstić information content (AvgIpc) is 1.95. The Bertz CT molecular complexity index is 254. The minimum atomic E-state index is -0.820. The fourth-order valence-corrected chi connectivity index (χ4v) is 0.943. The summed E-state index contributed by atoms with van der Waals surface area (Å²) in [7, 11) is 0. The number of nitrogens with two attached hydrogens (primary N) is 1. The first kappa shape index (κ1) is 13.7. The molecule has 0 aromatic rings. The van der Waals surface area contributed by atoms with Crippen molar-refractivity contribution < 1.29 is 14.6 Å². The number of ether oxygens (including phenoxy) is 1. The number of primary amides is 1. The number of hydrogen-bond donors (Lipinski definition) is 1. The number of carbonyl (C=O) groups excluding carboxylic acids is 1. The maximum Gasteiger partial charge on any atom is 0.242 e. The highest BCUT2D eigenvalue weighted by Gasteiger charge is 2.18. The molecule has 15 heavy (non-hydrogen) atoms. The molecule has 0 rings (SSSR count). The van der Waals surface area contributed by atoms with E-state index in [1.165, 1.54) is 0 Å². The van der Waals surface area contributed by atoms with E-state index in [1.807, 2.05) is 0 Å². The van der Waals surface area contributed by atoms with Crippen LogP contribution in [-0.2, 0) is 9.53 Å². The van der Waals surface area contributed by atoms with Crippen LogP contribution in [-0.4, -0.2) is 23.6 Å². The molecule has 1 atom stereocenters. The molecule has 0 aliphatic carbocycles. The molecule has 0 aromatic heterocycles. The molecule has 0 aliphatic rings. The molecule has 0 aliphatic heterocycles. The van der Waals surface area contributed by atoms with Crippen LogP contribution >= 0.6 is 0 Å². The van der Waals surface area contributed by atoms with Crippen molar-refractivity contribution in [2.75, 3.05) is 0 Å². The zero-order valence-corrected chi connectivity index (χ0v) is 9.90. The van der Waals surface area contributed by atoms with Gasteiger partial charge in [-0.05, 0) is 5.92 Å². The van der Waals surface area contributed by atoms with Gasteiger partial charge in [-0.2, -0.15) is 0 Å². The van der Waals surface area contributed by atoms with Crippen LogP contribution in [0, 0.1) is 5.92 Å². The van der Waals surface area contributed by atoms with E-state index in [0.717, 1.165) is 0 Å². The Morgan fingerprint density at radius 3 is 2.13 bits per heavy atom. The van der Waals surface area contributed by atoms with Crippen LogP contribution in [0.3, 0.4) is 0 Å². The van der Waals surface area contributed by atoms with Crippen LogP contribution in [0.2, 0.25) is 0 Å². The van der Waals surface area contributed by atoms with Gasteiger partial charge in [0.05, 0.1) is 0 Å². The summed E-state index contributed by atoms with van der Waals surface area (Å²) in [5, 5.41) is 11.3. The summed E-state index contributed by atoms with van der Waals surface area (Å²) in [6, 6.07) is -0.820. The lowest BCUT2D eigenvalue weighted by Gasteiger charge is -2.30. The molecule has 1 amide bonds. The second-order valence-electron chi connectivity index (χ2n) is 4.70. The number of aliphatic imine (C=N–C) groups is 1. The van der Waals surface area contributed by atoms with E-state index in [0.29, 0.717) is 0 Å². The van der Waals surface area contributed by atoms with Gasteiger partial charge >= 0.3 is 0 Å². The summed E-state index contributed by atoms with van der Waals surface area (Å²) in [4.78, 5) is 14.6. The van der Waals surface area contributed by atoms with Crippen molar-refractivity contribution in [3.63, 3.8) is 0 Å². The van der Waals surface area contributed by atoms with Crippen molar-refractivity contribution in [2.24, 2.45) is 16.6 Å². The van der Waals surface area contributed by atoms with Gasteiger partial charge in [0, 0.05) is 5.60 Å². The van der Waals surface area contributed by atoms with Crippen molar-refractivity contribution in [1.82, 2.24) is 0 Å². The molecule has 0 saturated heterocycles. The van der Waals surface area contributed by atoms with E-state index in [4.69, 9.17) is 10.5 Å². The minimum Gasteiger partial charge on any atom is -0.595 e. The Hall–Kier alpha value is -1.26. The normalized spacial score (nSPS) is 15.2. The number of hydrogen-bond acceptors (Lipinski definition) is 4. The van der Waals surface area contributed by atoms with Crippen LogP contribution in [0.1, 0.15) is 34.6 Å². The van der Waals surface area contributed by atoms with E-state index >= 15 is 0 Å². The predicted octanol–water partition coefficient (Wildman–Crippen LogP) is 0.0277. The lowest BCUT2D eigenvalue weighted by molar-refractivity contribution is -0.261. The van der Waals surface area contributed by atoms with Crippen molar-refractivity contribution >= 4 is 12.0 Å². The molecule has 2 N–H and O–H groups in total. The summed E-state index contributed by atoms with van der Waals surface area (Å²) in [6.45, 7) is 8.73. The third kappa shape index (κ3) is 5.93. The Balaban J connectivity index is 4.62. The molecule has 0 bridgehead atoms. The zero-order valence-electron chi connectivity index (χ0n) is 9.90. The number of nitrogens with zero attached hydrogens (tertiary/aromatic N) is 1. The zero-order chi connectivity index (χ0) is 12.2. The highest BCUT2D eigenvalue weighted by Crippen LogP contribution is 2.09. The van der Waals surface area contributed by atoms with Gasteiger partial charge in [0.15, 0.2) is 0 Å². The van der Waals surface area contributed by atoms with Crippen LogP contribution < -0.4 is 10.8 Å². The maximum atomic E-state index is 11.3. The lowest BCUT2D eigenvalue weighted by atomic mass is 10.1. The smallest absolute Gasteiger partial charge is 0.242 e. The number of rotatable bonds is 3. The quantitative estimate of drug-likeness (QED) is 0.532. The standard InChI is InChI=1S/C10H20N2O3/c1-6(2)7(8(11)13)12-9(14)15-10(3,4)5/h6-7H,1-5H3,(H2,11,13)(H,12,14)/p-1. The summed E-state index contributed by atoms with van der Waals surface area (Å²) in [6.07, 6.45) is -0.750. The van der Waals surface area contributed by atoms with Crippen molar-refractivity contribution in [2.45, 2.75) is 46.3 Å². The summed E-state index contributed by atoms with van der Waals surface area (Å²) < 4.78 is 4.96. The molecule has 0 radical (unpaired) electrons. The SMILES string of the molecule is CC(C)C(N=C([O-])OC(C)(C)C)C(N)=O. The number of carbonyl (C=O) groups is 1. The molecule has 88 valence electrons. The van der Waals surface area contributed by atoms with Crippen molar-refractivity contribution in [1.29, 1.82) is 0 Å². The lowest BCUT2D eigenvalue weighted by Crippen LogP contribution is -2.38. The Labute approximate surface area is 90.3 Å². The molecule has 5 heteroatoms. The van der Waals surface area contributed by atoms with Gasteiger partial charge in [-0.1, -0.05) is 34.6 Å². The molecule has 0 fully saturated rings. The second-order valence-corrected chi connectivity index (χ2v) is 4.70. The van der Waals surface area contributed by atoms with Gasteiger partial charge in [0.2, 0.25) is 5.91 Å². The summed E-state index contributed by atoms with van der Waals surface area (Å²) in [5.41, 5.74) is 4.50. The summed E-state index contributed by atoms with van der Waals surface area (Å²) in [5.74, 6) is -0.731. The third-order valence-electron chi connectivity index (χ3n) is 1.56. The summed E-state index contributed by atoms with van der Waals surface area (Å²) >= 11 is 0. The molecule has 5 nitrogen and oxygen atoms in total. The fourth-order valence-electron chi connectivity index (χ4n) is 0.943. The van der Waals surface area contributed by atoms with Crippen molar-refractivity contribution in [3.05, 3.63) is 0 Å². The largest absolute Gasteiger partial charge is 0.595 e. The molecule has 0 spiro atoms. The third-order valence-corrected chi connectivity index (χ3v) is 1.56. The Morgan fingerprint density at radius 1 is 1.40 bits per heavy atom. The number of amides is 1. The monoisotopic (exact) mass is 215 g/mol. The highest BCUT2D eigenvalue weighted by atomic mass is 16.6. The molecule has 0 aromatic carbocycles. The van der Waals surface area contributed by atoms with Gasteiger partial charge in [-0.25, -0.2) is 0 Å². The Morgan fingerprint density at radius 2 is 1.87 bits per heavy atom.